The maximum atomic E-state index is 14.9. The number of amides is 1. The number of carbonyl (C=O) groups excluding carboxylic acids is 2. The number of Topliss-reactive ketones (excluding diaryl/α,β-unsaturated/α-hetero) is 1. The molecule has 2 fully saturated rings. The number of benzene rings is 3. The SMILES string of the molecule is Cc1cc(NCCNc2ccc(C(=O)NC3CCCCC3=O)cc2)ccc1OC[C@@H]1CO[C@@](Cn2cncn2)(c2ccc(F)cc2F)C1. The summed E-state index contributed by atoms with van der Waals surface area (Å²) in [6.07, 6.45) is 6.53. The lowest BCUT2D eigenvalue weighted by Crippen LogP contribution is -2.42. The molecule has 1 aromatic heterocycles. The van der Waals surface area contributed by atoms with Gasteiger partial charge in [0.2, 0.25) is 0 Å². The van der Waals surface area contributed by atoms with E-state index in [1.54, 1.807) is 23.1 Å². The number of rotatable bonds is 13. The lowest BCUT2D eigenvalue weighted by atomic mass is 9.87. The lowest BCUT2D eigenvalue weighted by Gasteiger charge is -2.29. The monoisotopic (exact) mass is 658 g/mol. The van der Waals surface area contributed by atoms with Crippen molar-refractivity contribution in [1.29, 1.82) is 0 Å². The highest BCUT2D eigenvalue weighted by Gasteiger charge is 2.44. The normalized spacial score (nSPS) is 20.8. The summed E-state index contributed by atoms with van der Waals surface area (Å²) < 4.78 is 42.6. The molecule has 1 saturated heterocycles. The maximum Gasteiger partial charge on any atom is 0.251 e. The van der Waals surface area contributed by atoms with Gasteiger partial charge in [-0.15, -0.1) is 0 Å². The van der Waals surface area contributed by atoms with Crippen LogP contribution in [0.4, 0.5) is 20.2 Å². The molecule has 4 aromatic rings. The summed E-state index contributed by atoms with van der Waals surface area (Å²) in [7, 11) is 0. The van der Waals surface area contributed by atoms with Crippen LogP contribution >= 0.6 is 0 Å². The van der Waals surface area contributed by atoms with Gasteiger partial charge in [-0.25, -0.2) is 18.4 Å². The third kappa shape index (κ3) is 7.99. The molecule has 1 amide bonds. The first kappa shape index (κ1) is 33.1. The fourth-order valence-electron chi connectivity index (χ4n) is 6.45. The van der Waals surface area contributed by atoms with Crippen molar-refractivity contribution in [3.05, 3.63) is 102 Å². The highest BCUT2D eigenvalue weighted by Crippen LogP contribution is 2.42. The first-order valence-corrected chi connectivity index (χ1v) is 16.3. The third-order valence-corrected chi connectivity index (χ3v) is 8.96. The summed E-state index contributed by atoms with van der Waals surface area (Å²) in [5.74, 6) is -0.681. The average molecular weight is 659 g/mol. The molecule has 3 N–H and O–H groups in total. The lowest BCUT2D eigenvalue weighted by molar-refractivity contribution is -0.122. The van der Waals surface area contributed by atoms with E-state index in [1.165, 1.54) is 18.5 Å². The van der Waals surface area contributed by atoms with Crippen molar-refractivity contribution in [3.8, 4) is 5.75 Å². The van der Waals surface area contributed by atoms with Gasteiger partial charge in [-0.3, -0.25) is 9.59 Å². The van der Waals surface area contributed by atoms with E-state index in [0.29, 0.717) is 51.1 Å². The van der Waals surface area contributed by atoms with Crippen LogP contribution in [0.1, 0.15) is 53.6 Å². The van der Waals surface area contributed by atoms with Crippen molar-refractivity contribution < 1.29 is 27.8 Å². The molecule has 12 heteroatoms. The van der Waals surface area contributed by atoms with Crippen molar-refractivity contribution in [2.75, 3.05) is 36.9 Å². The van der Waals surface area contributed by atoms with E-state index >= 15 is 0 Å². The van der Waals surface area contributed by atoms with Crippen LogP contribution in [-0.4, -0.2) is 58.8 Å². The fourth-order valence-corrected chi connectivity index (χ4v) is 6.45. The van der Waals surface area contributed by atoms with Crippen molar-refractivity contribution >= 4 is 23.1 Å². The number of hydrogen-bond donors (Lipinski definition) is 3. The van der Waals surface area contributed by atoms with Gasteiger partial charge in [-0.2, -0.15) is 5.10 Å². The molecule has 0 bridgehead atoms. The minimum absolute atomic E-state index is 0.0224. The topological polar surface area (TPSA) is 119 Å². The summed E-state index contributed by atoms with van der Waals surface area (Å²) in [6, 6.07) is 16.3. The van der Waals surface area contributed by atoms with Gasteiger partial charge in [0.05, 0.1) is 25.8 Å². The summed E-state index contributed by atoms with van der Waals surface area (Å²) in [4.78, 5) is 28.6. The molecular formula is C36H40F2N6O4. The molecule has 3 aromatic carbocycles. The van der Waals surface area contributed by atoms with Gasteiger partial charge in [0.15, 0.2) is 5.78 Å². The van der Waals surface area contributed by atoms with Crippen molar-refractivity contribution in [1.82, 2.24) is 20.1 Å². The Morgan fingerprint density at radius 3 is 2.56 bits per heavy atom. The molecule has 2 heterocycles. The van der Waals surface area contributed by atoms with E-state index < -0.39 is 17.2 Å². The molecule has 0 radical (unpaired) electrons. The minimum Gasteiger partial charge on any atom is -0.493 e. The van der Waals surface area contributed by atoms with Crippen LogP contribution in [0.25, 0.3) is 0 Å². The zero-order chi connectivity index (χ0) is 33.5. The summed E-state index contributed by atoms with van der Waals surface area (Å²) in [5.41, 5.74) is 2.61. The van der Waals surface area contributed by atoms with E-state index in [9.17, 15) is 18.4 Å². The minimum atomic E-state index is -1.02. The van der Waals surface area contributed by atoms with E-state index in [2.05, 4.69) is 26.0 Å². The van der Waals surface area contributed by atoms with E-state index in [0.717, 1.165) is 41.6 Å². The van der Waals surface area contributed by atoms with Crippen LogP contribution in [0.5, 0.6) is 5.75 Å². The van der Waals surface area contributed by atoms with Crippen LogP contribution in [0.15, 0.2) is 73.3 Å². The molecule has 3 atom stereocenters. The standard InChI is InChI=1S/C36H40F2N6O4/c1-24-16-29(41-15-14-40-28-9-6-26(7-10-28)35(46)43-32-4-2-3-5-33(32)45)11-13-34(24)47-19-25-18-36(48-20-25,21-44-23-39-22-42-44)30-12-8-27(37)17-31(30)38/h6-13,16-17,22-23,25,32,40-41H,2-5,14-15,18-21H2,1H3,(H,43,46)/t25-,32?,36+/m1/s1. The molecule has 1 aliphatic heterocycles. The number of nitrogens with one attached hydrogen (secondary N) is 3. The van der Waals surface area contributed by atoms with Gasteiger partial charge >= 0.3 is 0 Å². The molecular weight excluding hydrogens is 618 g/mol. The number of nitrogens with zero attached hydrogens (tertiary/aromatic N) is 3. The van der Waals surface area contributed by atoms with Gasteiger partial charge in [-0.1, -0.05) is 12.5 Å². The molecule has 252 valence electrons. The third-order valence-electron chi connectivity index (χ3n) is 8.96. The number of carbonyl (C=O) groups is 2. The van der Waals surface area contributed by atoms with Gasteiger partial charge in [0, 0.05) is 54.0 Å². The highest BCUT2D eigenvalue weighted by atomic mass is 19.1. The van der Waals surface area contributed by atoms with Crippen LogP contribution in [-0.2, 0) is 21.7 Å². The second-order valence-electron chi connectivity index (χ2n) is 12.6. The van der Waals surface area contributed by atoms with E-state index in [4.69, 9.17) is 9.47 Å². The van der Waals surface area contributed by atoms with Crippen LogP contribution < -0.4 is 20.7 Å². The molecule has 2 aliphatic rings. The van der Waals surface area contributed by atoms with Crippen LogP contribution in [0.3, 0.4) is 0 Å². The number of ketones is 1. The molecule has 6 rings (SSSR count). The smallest absolute Gasteiger partial charge is 0.251 e. The number of hydrogen-bond acceptors (Lipinski definition) is 8. The van der Waals surface area contributed by atoms with E-state index in [-0.39, 0.29) is 35.8 Å². The predicted molar refractivity (Wildman–Crippen MR) is 177 cm³/mol. The van der Waals surface area contributed by atoms with Crippen molar-refractivity contribution in [2.24, 2.45) is 5.92 Å². The molecule has 0 spiro atoms. The summed E-state index contributed by atoms with van der Waals surface area (Å²) in [5, 5.41) is 13.8. The fraction of sp³-hybridized carbons (Fsp3) is 0.389. The Morgan fingerprint density at radius 2 is 1.83 bits per heavy atom. The van der Waals surface area contributed by atoms with Crippen LogP contribution in [0.2, 0.25) is 0 Å². The predicted octanol–water partition coefficient (Wildman–Crippen LogP) is 5.64. The van der Waals surface area contributed by atoms with Gasteiger partial charge in [0.1, 0.15) is 35.6 Å². The Kier molecular flexibility index (Phi) is 10.3. The molecule has 1 saturated carbocycles. The molecule has 1 aliphatic carbocycles. The van der Waals surface area contributed by atoms with Crippen molar-refractivity contribution in [3.63, 3.8) is 0 Å². The Bertz CT molecular complexity index is 1720. The van der Waals surface area contributed by atoms with Gasteiger partial charge in [0.25, 0.3) is 5.91 Å². The maximum absolute atomic E-state index is 14.9. The Morgan fingerprint density at radius 1 is 1.04 bits per heavy atom. The van der Waals surface area contributed by atoms with Gasteiger partial charge in [-0.05, 0) is 80.3 Å². The summed E-state index contributed by atoms with van der Waals surface area (Å²) in [6.45, 7) is 4.28. The van der Waals surface area contributed by atoms with Crippen LogP contribution in [0, 0.1) is 24.5 Å². The van der Waals surface area contributed by atoms with Crippen molar-refractivity contribution in [2.45, 2.75) is 57.2 Å². The Balaban J connectivity index is 0.964. The van der Waals surface area contributed by atoms with Gasteiger partial charge < -0.3 is 25.4 Å². The average Bonchev–Trinajstić information content (AvgIpc) is 3.74. The number of anilines is 2. The second kappa shape index (κ2) is 14.9. The number of aryl methyl sites for hydroxylation is 1. The molecule has 10 nitrogen and oxygen atoms in total. The number of halogens is 2. The zero-order valence-corrected chi connectivity index (χ0v) is 26.9. The molecule has 48 heavy (non-hydrogen) atoms. The quantitative estimate of drug-likeness (QED) is 0.158. The number of ether oxygens (including phenoxy) is 2. The second-order valence-corrected chi connectivity index (χ2v) is 12.6. The molecule has 1 unspecified atom stereocenters. The summed E-state index contributed by atoms with van der Waals surface area (Å²) >= 11 is 0. The zero-order valence-electron chi connectivity index (χ0n) is 26.9. The first-order chi connectivity index (χ1) is 23.3. The van der Waals surface area contributed by atoms with E-state index in [1.807, 2.05) is 37.3 Å². The Hall–Kier alpha value is -4.84. The first-order valence-electron chi connectivity index (χ1n) is 16.3. The largest absolute Gasteiger partial charge is 0.493 e. The number of aromatic nitrogens is 3. The Labute approximate surface area is 278 Å². The highest BCUT2D eigenvalue weighted by molar-refractivity contribution is 5.98.